The summed E-state index contributed by atoms with van der Waals surface area (Å²) < 4.78 is 7.41. The van der Waals surface area contributed by atoms with E-state index in [1.165, 1.54) is 5.56 Å². The van der Waals surface area contributed by atoms with E-state index >= 15 is 0 Å². The second-order valence-electron chi connectivity index (χ2n) is 4.31. The topological polar surface area (TPSA) is 9.23 Å². The molecule has 0 N–H and O–H groups in total. The van der Waals surface area contributed by atoms with Crippen molar-refractivity contribution in [3.8, 4) is 5.75 Å². The van der Waals surface area contributed by atoms with Gasteiger partial charge in [-0.25, -0.2) is 0 Å². The molecule has 0 fully saturated rings. The van der Waals surface area contributed by atoms with E-state index in [2.05, 4.69) is 59.9 Å². The molecule has 0 aliphatic carbocycles. The quantitative estimate of drug-likeness (QED) is 0.448. The summed E-state index contributed by atoms with van der Waals surface area (Å²) in [6.45, 7) is 0. The summed E-state index contributed by atoms with van der Waals surface area (Å²) in [5.41, 5.74) is 2.27. The standard InChI is InChI=1S/C15H12Br3ClO/c1-20-15-12(7-11(19)8-14(15)18)13(17)6-9-3-2-4-10(16)5-9/h2-5,7-8,13H,6H2,1H3. The Bertz CT molecular complexity index is 616. The van der Waals surface area contributed by atoms with Crippen molar-refractivity contribution in [1.29, 1.82) is 0 Å². The van der Waals surface area contributed by atoms with Crippen LogP contribution >= 0.6 is 59.4 Å². The molecule has 0 aliphatic heterocycles. The Hall–Kier alpha value is -0.0300. The number of benzene rings is 2. The molecular weight excluding hydrogens is 471 g/mol. The molecule has 0 radical (unpaired) electrons. The van der Waals surface area contributed by atoms with Gasteiger partial charge < -0.3 is 4.74 Å². The van der Waals surface area contributed by atoms with E-state index in [0.29, 0.717) is 5.02 Å². The molecule has 1 nitrogen and oxygen atoms in total. The van der Waals surface area contributed by atoms with E-state index in [-0.39, 0.29) is 4.83 Å². The Kier molecular flexibility index (Phi) is 5.96. The van der Waals surface area contributed by atoms with Crippen LogP contribution in [0.5, 0.6) is 5.75 Å². The molecule has 1 unspecified atom stereocenters. The van der Waals surface area contributed by atoms with Crippen LogP contribution in [-0.4, -0.2) is 7.11 Å². The Morgan fingerprint density at radius 3 is 2.60 bits per heavy atom. The lowest BCUT2D eigenvalue weighted by atomic mass is 10.0. The van der Waals surface area contributed by atoms with Gasteiger partial charge >= 0.3 is 0 Å². The maximum Gasteiger partial charge on any atom is 0.137 e. The van der Waals surface area contributed by atoms with Crippen molar-refractivity contribution in [3.05, 3.63) is 61.5 Å². The average Bonchev–Trinajstić information content (AvgIpc) is 2.37. The van der Waals surface area contributed by atoms with E-state index < -0.39 is 0 Å². The van der Waals surface area contributed by atoms with Crippen LogP contribution < -0.4 is 4.74 Å². The number of ether oxygens (including phenoxy) is 1. The first-order chi connectivity index (χ1) is 9.51. The van der Waals surface area contributed by atoms with Crippen molar-refractivity contribution in [3.63, 3.8) is 0 Å². The Morgan fingerprint density at radius 2 is 1.95 bits per heavy atom. The molecule has 0 saturated carbocycles. The third-order valence-corrected chi connectivity index (χ3v) is 5.00. The number of rotatable bonds is 4. The number of hydrogen-bond donors (Lipinski definition) is 0. The highest BCUT2D eigenvalue weighted by molar-refractivity contribution is 9.11. The molecule has 0 aromatic heterocycles. The van der Waals surface area contributed by atoms with Crippen molar-refractivity contribution in [2.75, 3.05) is 7.11 Å². The SMILES string of the molecule is COc1c(Br)cc(Cl)cc1C(Br)Cc1cccc(Br)c1. The second-order valence-corrected chi connectivity index (χ2v) is 7.62. The van der Waals surface area contributed by atoms with Crippen molar-refractivity contribution in [2.24, 2.45) is 0 Å². The molecule has 0 spiro atoms. The summed E-state index contributed by atoms with van der Waals surface area (Å²) in [6, 6.07) is 12.0. The summed E-state index contributed by atoms with van der Waals surface area (Å²) in [5.74, 6) is 0.811. The average molecular weight is 483 g/mol. The maximum absolute atomic E-state index is 6.14. The zero-order chi connectivity index (χ0) is 14.7. The van der Waals surface area contributed by atoms with E-state index in [4.69, 9.17) is 16.3 Å². The van der Waals surface area contributed by atoms with Gasteiger partial charge in [0.15, 0.2) is 0 Å². The lowest BCUT2D eigenvalue weighted by molar-refractivity contribution is 0.407. The summed E-state index contributed by atoms with van der Waals surface area (Å²) in [5, 5.41) is 0.686. The molecule has 5 heteroatoms. The molecule has 2 aromatic carbocycles. The van der Waals surface area contributed by atoms with E-state index in [1.807, 2.05) is 24.3 Å². The van der Waals surface area contributed by atoms with Gasteiger partial charge in [0.1, 0.15) is 5.75 Å². The van der Waals surface area contributed by atoms with Gasteiger partial charge in [-0.15, -0.1) is 0 Å². The van der Waals surface area contributed by atoms with Crippen LogP contribution in [0, 0.1) is 0 Å². The molecule has 2 aromatic rings. The van der Waals surface area contributed by atoms with E-state index in [1.54, 1.807) is 7.11 Å². The van der Waals surface area contributed by atoms with Gasteiger partial charge in [-0.3, -0.25) is 0 Å². The second kappa shape index (κ2) is 7.30. The first kappa shape index (κ1) is 16.3. The molecule has 0 saturated heterocycles. The highest BCUT2D eigenvalue weighted by Gasteiger charge is 2.17. The highest BCUT2D eigenvalue weighted by Crippen LogP contribution is 2.40. The predicted octanol–water partition coefficient (Wildman–Crippen LogP) is 6.55. The van der Waals surface area contributed by atoms with Crippen LogP contribution in [0.15, 0.2) is 45.3 Å². The molecule has 0 aliphatic rings. The summed E-state index contributed by atoms with van der Waals surface area (Å²) in [4.78, 5) is 0.127. The van der Waals surface area contributed by atoms with Crippen LogP contribution in [0.25, 0.3) is 0 Å². The molecular formula is C15H12Br3ClO. The minimum Gasteiger partial charge on any atom is -0.495 e. The number of hydrogen-bond acceptors (Lipinski definition) is 1. The Morgan fingerprint density at radius 1 is 1.20 bits per heavy atom. The van der Waals surface area contributed by atoms with Crippen molar-refractivity contribution < 1.29 is 4.74 Å². The third-order valence-electron chi connectivity index (χ3n) is 2.88. The van der Waals surface area contributed by atoms with Gasteiger partial charge in [0, 0.05) is 19.9 Å². The Labute approximate surface area is 149 Å². The molecule has 0 heterocycles. The largest absolute Gasteiger partial charge is 0.495 e. The van der Waals surface area contributed by atoms with Gasteiger partial charge in [-0.2, -0.15) is 0 Å². The summed E-state index contributed by atoms with van der Waals surface area (Å²) in [6.07, 6.45) is 0.850. The fraction of sp³-hybridized carbons (Fsp3) is 0.200. The van der Waals surface area contributed by atoms with Gasteiger partial charge in [0.05, 0.1) is 11.6 Å². The lowest BCUT2D eigenvalue weighted by Gasteiger charge is -2.16. The first-order valence-electron chi connectivity index (χ1n) is 5.92. The van der Waals surface area contributed by atoms with Crippen LogP contribution in [0.4, 0.5) is 0 Å². The smallest absolute Gasteiger partial charge is 0.137 e. The third kappa shape index (κ3) is 4.00. The van der Waals surface area contributed by atoms with Crippen molar-refractivity contribution in [2.45, 2.75) is 11.2 Å². The molecule has 0 amide bonds. The van der Waals surface area contributed by atoms with Crippen LogP contribution in [0.3, 0.4) is 0 Å². The van der Waals surface area contributed by atoms with Crippen molar-refractivity contribution >= 4 is 59.4 Å². The molecule has 1 atom stereocenters. The van der Waals surface area contributed by atoms with Gasteiger partial charge in [-0.05, 0) is 52.2 Å². The maximum atomic E-state index is 6.14. The van der Waals surface area contributed by atoms with Gasteiger partial charge in [-0.1, -0.05) is 55.6 Å². The number of alkyl halides is 1. The predicted molar refractivity (Wildman–Crippen MR) is 95.2 cm³/mol. The molecule has 106 valence electrons. The zero-order valence-electron chi connectivity index (χ0n) is 10.7. The van der Waals surface area contributed by atoms with Gasteiger partial charge in [0.2, 0.25) is 0 Å². The van der Waals surface area contributed by atoms with Crippen LogP contribution in [-0.2, 0) is 6.42 Å². The number of methoxy groups -OCH3 is 1. The molecule has 0 bridgehead atoms. The summed E-state index contributed by atoms with van der Waals surface area (Å²) >= 11 is 16.8. The van der Waals surface area contributed by atoms with Crippen molar-refractivity contribution in [1.82, 2.24) is 0 Å². The summed E-state index contributed by atoms with van der Waals surface area (Å²) in [7, 11) is 1.66. The minimum absolute atomic E-state index is 0.127. The highest BCUT2D eigenvalue weighted by atomic mass is 79.9. The molecule has 2 rings (SSSR count). The number of halogens is 4. The normalized spacial score (nSPS) is 12.2. The lowest BCUT2D eigenvalue weighted by Crippen LogP contribution is -2.00. The van der Waals surface area contributed by atoms with Crippen LogP contribution in [0.2, 0.25) is 5.02 Å². The molecule has 20 heavy (non-hydrogen) atoms. The monoisotopic (exact) mass is 480 g/mol. The van der Waals surface area contributed by atoms with Crippen LogP contribution in [0.1, 0.15) is 16.0 Å². The first-order valence-corrected chi connectivity index (χ1v) is 8.80. The Balaban J connectivity index is 2.31. The minimum atomic E-state index is 0.127. The zero-order valence-corrected chi connectivity index (χ0v) is 16.2. The van der Waals surface area contributed by atoms with Gasteiger partial charge in [0.25, 0.3) is 0 Å². The van der Waals surface area contributed by atoms with E-state index in [9.17, 15) is 0 Å². The fourth-order valence-corrected chi connectivity index (χ4v) is 4.17. The van der Waals surface area contributed by atoms with E-state index in [0.717, 1.165) is 26.7 Å². The fourth-order valence-electron chi connectivity index (χ4n) is 2.01.